The van der Waals surface area contributed by atoms with Crippen molar-refractivity contribution in [3.05, 3.63) is 45.9 Å². The number of carboxylic acids is 1. The number of carboxylic acid groups (broad SMARTS) is 1. The van der Waals surface area contributed by atoms with Crippen LogP contribution in [0, 0.1) is 0 Å². The van der Waals surface area contributed by atoms with Gasteiger partial charge in [0.25, 0.3) is 0 Å². The number of hydrogen-bond donors (Lipinski definition) is 1. The third kappa shape index (κ3) is 3.06. The van der Waals surface area contributed by atoms with E-state index in [1.54, 1.807) is 18.2 Å². The Balaban J connectivity index is 2.67. The van der Waals surface area contributed by atoms with E-state index < -0.39 is 5.97 Å². The highest BCUT2D eigenvalue weighted by Gasteiger charge is 2.15. The highest BCUT2D eigenvalue weighted by atomic mass is 35.5. The lowest BCUT2D eigenvalue weighted by Crippen LogP contribution is -1.98. The molecular formula is C15H12Cl2O4. The molecule has 6 heteroatoms. The van der Waals surface area contributed by atoms with Gasteiger partial charge in [-0.25, -0.2) is 4.79 Å². The zero-order chi connectivity index (χ0) is 15.6. The van der Waals surface area contributed by atoms with E-state index in [1.165, 1.54) is 26.4 Å². The van der Waals surface area contributed by atoms with Crippen LogP contribution in [-0.2, 0) is 0 Å². The van der Waals surface area contributed by atoms with Gasteiger partial charge < -0.3 is 14.6 Å². The minimum Gasteiger partial charge on any atom is -0.496 e. The fourth-order valence-corrected chi connectivity index (χ4v) is 2.44. The molecule has 0 atom stereocenters. The van der Waals surface area contributed by atoms with Crippen molar-refractivity contribution in [2.45, 2.75) is 0 Å². The molecule has 2 rings (SSSR count). The van der Waals surface area contributed by atoms with Crippen molar-refractivity contribution in [3.63, 3.8) is 0 Å². The average molecular weight is 327 g/mol. The molecule has 110 valence electrons. The van der Waals surface area contributed by atoms with E-state index in [2.05, 4.69) is 0 Å². The van der Waals surface area contributed by atoms with Gasteiger partial charge in [-0.2, -0.15) is 0 Å². The summed E-state index contributed by atoms with van der Waals surface area (Å²) in [5.74, 6) is -0.0865. The van der Waals surface area contributed by atoms with E-state index in [1.807, 2.05) is 0 Å². The molecule has 0 amide bonds. The first-order valence-electron chi connectivity index (χ1n) is 5.92. The van der Waals surface area contributed by atoms with Gasteiger partial charge in [0.1, 0.15) is 11.5 Å². The summed E-state index contributed by atoms with van der Waals surface area (Å²) in [7, 11) is 2.99. The maximum atomic E-state index is 11.1. The van der Waals surface area contributed by atoms with Gasteiger partial charge in [-0.15, -0.1) is 0 Å². The molecule has 0 aromatic heterocycles. The van der Waals surface area contributed by atoms with Gasteiger partial charge in [-0.05, 0) is 24.3 Å². The van der Waals surface area contributed by atoms with Crippen LogP contribution in [0.25, 0.3) is 11.1 Å². The zero-order valence-electron chi connectivity index (χ0n) is 11.3. The molecule has 1 N–H and O–H groups in total. The molecule has 0 aliphatic heterocycles. The van der Waals surface area contributed by atoms with Gasteiger partial charge in [0.05, 0.1) is 29.8 Å². The Morgan fingerprint density at radius 2 is 1.62 bits per heavy atom. The average Bonchev–Trinajstić information content (AvgIpc) is 2.48. The second-order valence-corrected chi connectivity index (χ2v) is 5.00. The molecule has 0 radical (unpaired) electrons. The molecule has 4 nitrogen and oxygen atoms in total. The van der Waals surface area contributed by atoms with Gasteiger partial charge in [0, 0.05) is 17.2 Å². The summed E-state index contributed by atoms with van der Waals surface area (Å²) < 4.78 is 10.4. The first-order chi connectivity index (χ1) is 9.97. The fraction of sp³-hybridized carbons (Fsp3) is 0.133. The Bertz CT molecular complexity index is 698. The predicted molar refractivity (Wildman–Crippen MR) is 82.0 cm³/mol. The molecule has 0 aliphatic carbocycles. The normalized spacial score (nSPS) is 10.3. The van der Waals surface area contributed by atoms with E-state index in [0.29, 0.717) is 32.7 Å². The highest BCUT2D eigenvalue weighted by Crippen LogP contribution is 2.40. The summed E-state index contributed by atoms with van der Waals surface area (Å²) in [5, 5.41) is 9.87. The van der Waals surface area contributed by atoms with Crippen LogP contribution in [0.4, 0.5) is 0 Å². The van der Waals surface area contributed by atoms with Crippen LogP contribution in [-0.4, -0.2) is 25.3 Å². The first kappa shape index (κ1) is 15.5. The largest absolute Gasteiger partial charge is 0.496 e. The minimum atomic E-state index is -1.03. The van der Waals surface area contributed by atoms with Crippen LogP contribution in [0.3, 0.4) is 0 Å². The molecule has 0 fully saturated rings. The third-order valence-corrected chi connectivity index (χ3v) is 3.59. The number of halogens is 2. The van der Waals surface area contributed by atoms with Crippen LogP contribution in [0.1, 0.15) is 10.4 Å². The van der Waals surface area contributed by atoms with Crippen LogP contribution >= 0.6 is 23.2 Å². The number of aromatic carboxylic acids is 1. The van der Waals surface area contributed by atoms with E-state index >= 15 is 0 Å². The highest BCUT2D eigenvalue weighted by molar-refractivity contribution is 6.36. The standard InChI is InChI=1S/C15H12Cl2O4/c1-20-13-4-3-8(15(18)19)5-10(13)9-6-12(17)14(21-2)7-11(9)16/h3-7H,1-2H3,(H,18,19). The van der Waals surface area contributed by atoms with Gasteiger partial charge in [0.2, 0.25) is 0 Å². The number of rotatable bonds is 4. The van der Waals surface area contributed by atoms with Crippen molar-refractivity contribution in [1.82, 2.24) is 0 Å². The lowest BCUT2D eigenvalue weighted by Gasteiger charge is -2.13. The molecule has 0 saturated carbocycles. The summed E-state index contributed by atoms with van der Waals surface area (Å²) in [6, 6.07) is 7.72. The van der Waals surface area contributed by atoms with Crippen molar-refractivity contribution in [2.75, 3.05) is 14.2 Å². The molecule has 0 heterocycles. The van der Waals surface area contributed by atoms with Crippen molar-refractivity contribution in [1.29, 1.82) is 0 Å². The minimum absolute atomic E-state index is 0.133. The fourth-order valence-electron chi connectivity index (χ4n) is 1.94. The Morgan fingerprint density at radius 1 is 0.952 bits per heavy atom. The molecule has 2 aromatic carbocycles. The van der Waals surface area contributed by atoms with E-state index in [0.717, 1.165) is 0 Å². The topological polar surface area (TPSA) is 55.8 Å². The van der Waals surface area contributed by atoms with Crippen molar-refractivity contribution < 1.29 is 19.4 Å². The van der Waals surface area contributed by atoms with Crippen LogP contribution in [0.2, 0.25) is 10.0 Å². The zero-order valence-corrected chi connectivity index (χ0v) is 12.8. The Labute approximate surface area is 131 Å². The second kappa shape index (κ2) is 6.24. The molecule has 0 bridgehead atoms. The molecule has 0 saturated heterocycles. The van der Waals surface area contributed by atoms with Gasteiger partial charge in [-0.1, -0.05) is 23.2 Å². The van der Waals surface area contributed by atoms with Crippen molar-refractivity contribution in [3.8, 4) is 22.6 Å². The summed E-state index contributed by atoms with van der Waals surface area (Å²) in [6.07, 6.45) is 0. The summed E-state index contributed by atoms with van der Waals surface area (Å²) >= 11 is 12.3. The molecule has 2 aromatic rings. The molecule has 21 heavy (non-hydrogen) atoms. The summed E-state index contributed by atoms with van der Waals surface area (Å²) in [5.41, 5.74) is 1.25. The monoisotopic (exact) mass is 326 g/mol. The molecule has 0 aliphatic rings. The van der Waals surface area contributed by atoms with Crippen molar-refractivity contribution in [2.24, 2.45) is 0 Å². The van der Waals surface area contributed by atoms with Crippen LogP contribution in [0.5, 0.6) is 11.5 Å². The van der Waals surface area contributed by atoms with Gasteiger partial charge in [-0.3, -0.25) is 0 Å². The predicted octanol–water partition coefficient (Wildman–Crippen LogP) is 4.38. The number of hydrogen-bond acceptors (Lipinski definition) is 3. The van der Waals surface area contributed by atoms with Crippen molar-refractivity contribution >= 4 is 29.2 Å². The summed E-state index contributed by atoms with van der Waals surface area (Å²) in [6.45, 7) is 0. The Morgan fingerprint density at radius 3 is 2.19 bits per heavy atom. The SMILES string of the molecule is COc1cc(Cl)c(-c2cc(C(=O)O)ccc2OC)cc1Cl. The number of carbonyl (C=O) groups is 1. The van der Waals surface area contributed by atoms with Gasteiger partial charge in [0.15, 0.2) is 0 Å². The molecule has 0 spiro atoms. The second-order valence-electron chi connectivity index (χ2n) is 4.19. The molecule has 0 unspecified atom stereocenters. The number of benzene rings is 2. The Hall–Kier alpha value is -1.91. The lowest BCUT2D eigenvalue weighted by atomic mass is 10.0. The third-order valence-electron chi connectivity index (χ3n) is 2.98. The smallest absolute Gasteiger partial charge is 0.335 e. The quantitative estimate of drug-likeness (QED) is 0.906. The van der Waals surface area contributed by atoms with Crippen LogP contribution in [0.15, 0.2) is 30.3 Å². The first-order valence-corrected chi connectivity index (χ1v) is 6.68. The van der Waals surface area contributed by atoms with Crippen LogP contribution < -0.4 is 9.47 Å². The Kier molecular flexibility index (Phi) is 4.60. The summed E-state index contributed by atoms with van der Waals surface area (Å²) in [4.78, 5) is 11.1. The lowest BCUT2D eigenvalue weighted by molar-refractivity contribution is 0.0697. The van der Waals surface area contributed by atoms with Gasteiger partial charge >= 0.3 is 5.97 Å². The number of methoxy groups -OCH3 is 2. The maximum Gasteiger partial charge on any atom is 0.335 e. The van der Waals surface area contributed by atoms with E-state index in [-0.39, 0.29) is 5.56 Å². The number of ether oxygens (including phenoxy) is 2. The maximum absolute atomic E-state index is 11.1. The molecular weight excluding hydrogens is 315 g/mol. The van der Waals surface area contributed by atoms with E-state index in [4.69, 9.17) is 37.8 Å². The van der Waals surface area contributed by atoms with E-state index in [9.17, 15) is 4.79 Å².